The zero-order chi connectivity index (χ0) is 14.5. The van der Waals surface area contributed by atoms with Crippen molar-refractivity contribution in [1.29, 1.82) is 0 Å². The maximum absolute atomic E-state index is 12.3. The zero-order valence-corrected chi connectivity index (χ0v) is 13.0. The van der Waals surface area contributed by atoms with Crippen LogP contribution in [0.3, 0.4) is 0 Å². The van der Waals surface area contributed by atoms with E-state index in [-0.39, 0.29) is 5.91 Å². The number of amides is 1. The number of piperidine rings is 1. The molecule has 6 nitrogen and oxygen atoms in total. The van der Waals surface area contributed by atoms with Gasteiger partial charge in [-0.25, -0.2) is 0 Å². The molecule has 1 aliphatic rings. The summed E-state index contributed by atoms with van der Waals surface area (Å²) in [5, 5.41) is 8.96. The van der Waals surface area contributed by atoms with Gasteiger partial charge in [0.2, 0.25) is 5.91 Å². The van der Waals surface area contributed by atoms with Crippen molar-refractivity contribution >= 4 is 17.7 Å². The number of aromatic nitrogens is 3. The van der Waals surface area contributed by atoms with Gasteiger partial charge in [-0.3, -0.25) is 4.79 Å². The van der Waals surface area contributed by atoms with E-state index in [9.17, 15) is 4.79 Å². The highest BCUT2D eigenvalue weighted by Crippen LogP contribution is 2.21. The Kier molecular flexibility index (Phi) is 5.42. The van der Waals surface area contributed by atoms with Crippen molar-refractivity contribution < 1.29 is 4.79 Å². The molecule has 7 heteroatoms. The van der Waals surface area contributed by atoms with Gasteiger partial charge in [-0.15, -0.1) is 10.2 Å². The minimum absolute atomic E-state index is 0.196. The summed E-state index contributed by atoms with van der Waals surface area (Å²) >= 11 is 1.45. The van der Waals surface area contributed by atoms with Crippen LogP contribution in [-0.2, 0) is 11.3 Å². The van der Waals surface area contributed by atoms with E-state index in [1.165, 1.54) is 18.2 Å². The fourth-order valence-corrected chi connectivity index (χ4v) is 3.43. The SMILES string of the molecule is Cc1nnc(SCC(=O)N2CCCCC2C)n1CCN. The number of hydrogen-bond acceptors (Lipinski definition) is 5. The number of carbonyl (C=O) groups is 1. The normalized spacial score (nSPS) is 19.4. The summed E-state index contributed by atoms with van der Waals surface area (Å²) in [6, 6.07) is 0.362. The lowest BCUT2D eigenvalue weighted by molar-refractivity contribution is -0.131. The third-order valence-electron chi connectivity index (χ3n) is 3.70. The summed E-state index contributed by atoms with van der Waals surface area (Å²) in [5.74, 6) is 1.46. The second-order valence-corrected chi connectivity index (χ2v) is 6.13. The third-order valence-corrected chi connectivity index (χ3v) is 4.65. The second kappa shape index (κ2) is 7.08. The predicted molar refractivity (Wildman–Crippen MR) is 79.6 cm³/mol. The van der Waals surface area contributed by atoms with Crippen molar-refractivity contribution in [2.24, 2.45) is 5.73 Å². The van der Waals surface area contributed by atoms with Crippen LogP contribution in [0.1, 0.15) is 32.0 Å². The maximum Gasteiger partial charge on any atom is 0.233 e. The molecule has 0 saturated carbocycles. The zero-order valence-electron chi connectivity index (χ0n) is 12.2. The second-order valence-electron chi connectivity index (χ2n) is 5.19. The van der Waals surface area contributed by atoms with Gasteiger partial charge in [0.15, 0.2) is 5.16 Å². The van der Waals surface area contributed by atoms with Gasteiger partial charge < -0.3 is 15.2 Å². The summed E-state index contributed by atoms with van der Waals surface area (Å²) in [5.41, 5.74) is 5.59. The molecule has 0 aliphatic carbocycles. The smallest absolute Gasteiger partial charge is 0.233 e. The Labute approximate surface area is 124 Å². The van der Waals surface area contributed by atoms with Crippen molar-refractivity contribution in [2.75, 3.05) is 18.8 Å². The number of carbonyl (C=O) groups excluding carboxylic acids is 1. The molecule has 1 unspecified atom stereocenters. The highest BCUT2D eigenvalue weighted by Gasteiger charge is 2.23. The Morgan fingerprint density at radius 3 is 2.95 bits per heavy atom. The van der Waals surface area contributed by atoms with Crippen LogP contribution in [0, 0.1) is 6.92 Å². The average Bonchev–Trinajstić information content (AvgIpc) is 2.78. The molecule has 0 spiro atoms. The molecule has 1 atom stereocenters. The Hall–Kier alpha value is -1.08. The van der Waals surface area contributed by atoms with E-state index in [0.717, 1.165) is 30.4 Å². The molecule has 112 valence electrons. The van der Waals surface area contributed by atoms with Crippen LogP contribution in [0.4, 0.5) is 0 Å². The van der Waals surface area contributed by atoms with Gasteiger partial charge in [0.05, 0.1) is 5.75 Å². The molecule has 2 N–H and O–H groups in total. The molecule has 0 radical (unpaired) electrons. The van der Waals surface area contributed by atoms with Crippen LogP contribution in [0.25, 0.3) is 0 Å². The Morgan fingerprint density at radius 1 is 1.45 bits per heavy atom. The van der Waals surface area contributed by atoms with E-state index < -0.39 is 0 Å². The Balaban J connectivity index is 1.93. The first-order valence-electron chi connectivity index (χ1n) is 7.15. The lowest BCUT2D eigenvalue weighted by Gasteiger charge is -2.33. The first kappa shape index (κ1) is 15.3. The highest BCUT2D eigenvalue weighted by atomic mass is 32.2. The number of nitrogens with zero attached hydrogens (tertiary/aromatic N) is 4. The quantitative estimate of drug-likeness (QED) is 0.822. The first-order chi connectivity index (χ1) is 9.63. The summed E-state index contributed by atoms with van der Waals surface area (Å²) in [6.45, 7) is 6.15. The van der Waals surface area contributed by atoms with E-state index in [1.54, 1.807) is 0 Å². The number of nitrogens with two attached hydrogens (primary N) is 1. The molecule has 1 fully saturated rings. The number of hydrogen-bond donors (Lipinski definition) is 1. The molecule has 0 aromatic carbocycles. The average molecular weight is 297 g/mol. The minimum atomic E-state index is 0.196. The molecule has 1 aliphatic heterocycles. The molecule has 2 rings (SSSR count). The summed E-state index contributed by atoms with van der Waals surface area (Å²) in [6.07, 6.45) is 3.45. The minimum Gasteiger partial charge on any atom is -0.339 e. The summed E-state index contributed by atoms with van der Waals surface area (Å²) < 4.78 is 1.97. The van der Waals surface area contributed by atoms with E-state index in [4.69, 9.17) is 5.73 Å². The van der Waals surface area contributed by atoms with E-state index >= 15 is 0 Å². The largest absolute Gasteiger partial charge is 0.339 e. The van der Waals surface area contributed by atoms with Gasteiger partial charge in [-0.05, 0) is 33.1 Å². The van der Waals surface area contributed by atoms with Crippen molar-refractivity contribution in [3.05, 3.63) is 5.82 Å². The molecule has 1 amide bonds. The van der Waals surface area contributed by atoms with Gasteiger partial charge >= 0.3 is 0 Å². The lowest BCUT2D eigenvalue weighted by atomic mass is 10.0. The third kappa shape index (κ3) is 3.52. The fourth-order valence-electron chi connectivity index (χ4n) is 2.53. The number of thioether (sulfide) groups is 1. The Morgan fingerprint density at radius 2 is 2.25 bits per heavy atom. The molecule has 0 bridgehead atoms. The van der Waals surface area contributed by atoms with Gasteiger partial charge in [0.25, 0.3) is 0 Å². The van der Waals surface area contributed by atoms with E-state index in [0.29, 0.717) is 24.9 Å². The van der Waals surface area contributed by atoms with E-state index in [2.05, 4.69) is 17.1 Å². The monoisotopic (exact) mass is 297 g/mol. The molecule has 1 saturated heterocycles. The first-order valence-corrected chi connectivity index (χ1v) is 8.14. The van der Waals surface area contributed by atoms with Crippen LogP contribution in [0.15, 0.2) is 5.16 Å². The van der Waals surface area contributed by atoms with Gasteiger partial charge in [0, 0.05) is 25.7 Å². The highest BCUT2D eigenvalue weighted by molar-refractivity contribution is 7.99. The number of rotatable bonds is 5. The molecular formula is C13H23N5OS. The summed E-state index contributed by atoms with van der Waals surface area (Å²) in [4.78, 5) is 14.3. The van der Waals surface area contributed by atoms with Crippen molar-refractivity contribution in [1.82, 2.24) is 19.7 Å². The van der Waals surface area contributed by atoms with Crippen LogP contribution < -0.4 is 5.73 Å². The molecular weight excluding hydrogens is 274 g/mol. The van der Waals surface area contributed by atoms with Crippen molar-refractivity contribution in [2.45, 2.75) is 50.9 Å². The predicted octanol–water partition coefficient (Wildman–Crippen LogP) is 1.04. The molecule has 1 aromatic rings. The standard InChI is InChI=1S/C13H23N5OS/c1-10-5-3-4-7-17(10)12(19)9-20-13-16-15-11(2)18(13)8-6-14/h10H,3-9,14H2,1-2H3. The number of aryl methyl sites for hydroxylation is 1. The topological polar surface area (TPSA) is 77.0 Å². The van der Waals surface area contributed by atoms with Crippen LogP contribution >= 0.6 is 11.8 Å². The molecule has 2 heterocycles. The van der Waals surface area contributed by atoms with Gasteiger partial charge in [-0.2, -0.15) is 0 Å². The van der Waals surface area contributed by atoms with Crippen LogP contribution in [0.2, 0.25) is 0 Å². The number of likely N-dealkylation sites (tertiary alicyclic amines) is 1. The van der Waals surface area contributed by atoms with E-state index in [1.807, 2.05) is 16.4 Å². The molecule has 20 heavy (non-hydrogen) atoms. The van der Waals surface area contributed by atoms with Gasteiger partial charge in [0.1, 0.15) is 5.82 Å². The summed E-state index contributed by atoms with van der Waals surface area (Å²) in [7, 11) is 0. The van der Waals surface area contributed by atoms with Crippen molar-refractivity contribution in [3.63, 3.8) is 0 Å². The Bertz CT molecular complexity index is 462. The van der Waals surface area contributed by atoms with Crippen molar-refractivity contribution in [3.8, 4) is 0 Å². The van der Waals surface area contributed by atoms with Crippen LogP contribution in [0.5, 0.6) is 0 Å². The molecule has 1 aromatic heterocycles. The van der Waals surface area contributed by atoms with Crippen LogP contribution in [-0.4, -0.2) is 50.5 Å². The lowest BCUT2D eigenvalue weighted by Crippen LogP contribution is -2.43. The van der Waals surface area contributed by atoms with Gasteiger partial charge in [-0.1, -0.05) is 11.8 Å². The maximum atomic E-state index is 12.3. The fraction of sp³-hybridized carbons (Fsp3) is 0.769.